The molecule has 0 aliphatic heterocycles. The van der Waals surface area contributed by atoms with Gasteiger partial charge in [-0.25, -0.2) is 0 Å². The maximum atomic E-state index is 12.3. The molecule has 0 unspecified atom stereocenters. The van der Waals surface area contributed by atoms with Gasteiger partial charge in [0.2, 0.25) is 0 Å². The van der Waals surface area contributed by atoms with Gasteiger partial charge in [-0.3, -0.25) is 9.78 Å². The zero-order chi connectivity index (χ0) is 13.1. The largest absolute Gasteiger partial charge is 0.294 e. The fraction of sp³-hybridized carbons (Fsp3) is 0.200. The molecule has 1 aromatic carbocycles. The smallest absolute Gasteiger partial charge is 0.167 e. The predicted molar refractivity (Wildman–Crippen MR) is 75.9 cm³/mol. The van der Waals surface area contributed by atoms with Gasteiger partial charge in [-0.2, -0.15) is 0 Å². The number of halogens is 1. The van der Waals surface area contributed by atoms with Crippen molar-refractivity contribution in [3.63, 3.8) is 0 Å². The van der Waals surface area contributed by atoms with Crippen molar-refractivity contribution in [1.29, 1.82) is 0 Å². The molecule has 18 heavy (non-hydrogen) atoms. The molecule has 2 nitrogen and oxygen atoms in total. The van der Waals surface area contributed by atoms with Crippen LogP contribution >= 0.6 is 15.9 Å². The van der Waals surface area contributed by atoms with Crippen molar-refractivity contribution in [3.05, 3.63) is 63.4 Å². The SMILES string of the molecule is Cc1cccc(C)c1C(=O)Cc1cncc(Br)c1. The Balaban J connectivity index is 2.28. The molecule has 2 rings (SSSR count). The first-order valence-corrected chi connectivity index (χ1v) is 6.56. The van der Waals surface area contributed by atoms with Gasteiger partial charge < -0.3 is 0 Å². The topological polar surface area (TPSA) is 30.0 Å². The van der Waals surface area contributed by atoms with Crippen LogP contribution in [-0.2, 0) is 6.42 Å². The summed E-state index contributed by atoms with van der Waals surface area (Å²) < 4.78 is 0.898. The second kappa shape index (κ2) is 5.44. The van der Waals surface area contributed by atoms with Crippen molar-refractivity contribution in [2.45, 2.75) is 20.3 Å². The van der Waals surface area contributed by atoms with Gasteiger partial charge >= 0.3 is 0 Å². The number of carbonyl (C=O) groups is 1. The molecule has 0 spiro atoms. The summed E-state index contributed by atoms with van der Waals surface area (Å²) in [4.78, 5) is 16.4. The Morgan fingerprint density at radius 1 is 1.22 bits per heavy atom. The third-order valence-electron chi connectivity index (χ3n) is 2.89. The molecule has 0 aliphatic carbocycles. The molecule has 2 aromatic rings. The third-order valence-corrected chi connectivity index (χ3v) is 3.32. The number of nitrogens with zero attached hydrogens (tertiary/aromatic N) is 1. The molecular formula is C15H14BrNO. The Bertz CT molecular complexity index is 573. The zero-order valence-electron chi connectivity index (χ0n) is 10.4. The highest BCUT2D eigenvalue weighted by molar-refractivity contribution is 9.10. The maximum Gasteiger partial charge on any atom is 0.167 e. The van der Waals surface area contributed by atoms with Gasteiger partial charge in [0, 0.05) is 28.9 Å². The van der Waals surface area contributed by atoms with E-state index < -0.39 is 0 Å². The van der Waals surface area contributed by atoms with Crippen LogP contribution in [0.2, 0.25) is 0 Å². The van der Waals surface area contributed by atoms with E-state index in [1.807, 2.05) is 38.1 Å². The molecule has 1 aromatic heterocycles. The number of pyridine rings is 1. The Morgan fingerprint density at radius 2 is 1.89 bits per heavy atom. The first kappa shape index (κ1) is 13.0. The van der Waals surface area contributed by atoms with Crippen molar-refractivity contribution in [1.82, 2.24) is 4.98 Å². The summed E-state index contributed by atoms with van der Waals surface area (Å²) in [6.07, 6.45) is 3.83. The average molecular weight is 304 g/mol. The van der Waals surface area contributed by atoms with E-state index in [1.165, 1.54) is 0 Å². The number of Topliss-reactive ketones (excluding diaryl/α,β-unsaturated/α-hetero) is 1. The number of carbonyl (C=O) groups excluding carboxylic acids is 1. The lowest BCUT2D eigenvalue weighted by Crippen LogP contribution is -2.08. The molecule has 0 N–H and O–H groups in total. The molecule has 0 amide bonds. The van der Waals surface area contributed by atoms with E-state index in [2.05, 4.69) is 20.9 Å². The first-order chi connectivity index (χ1) is 8.58. The lowest BCUT2D eigenvalue weighted by Gasteiger charge is -2.08. The summed E-state index contributed by atoms with van der Waals surface area (Å²) >= 11 is 3.36. The van der Waals surface area contributed by atoms with Gasteiger partial charge in [-0.05, 0) is 52.5 Å². The quantitative estimate of drug-likeness (QED) is 0.805. The molecule has 0 fully saturated rings. The van der Waals surface area contributed by atoms with Crippen LogP contribution in [0.5, 0.6) is 0 Å². The number of hydrogen-bond donors (Lipinski definition) is 0. The second-order valence-corrected chi connectivity index (χ2v) is 5.29. The van der Waals surface area contributed by atoms with Gasteiger partial charge in [0.1, 0.15) is 0 Å². The zero-order valence-corrected chi connectivity index (χ0v) is 12.0. The lowest BCUT2D eigenvalue weighted by molar-refractivity contribution is 0.0991. The Kier molecular flexibility index (Phi) is 3.92. The first-order valence-electron chi connectivity index (χ1n) is 5.77. The van der Waals surface area contributed by atoms with E-state index in [1.54, 1.807) is 12.4 Å². The number of rotatable bonds is 3. The predicted octanol–water partition coefficient (Wildman–Crippen LogP) is 3.89. The highest BCUT2D eigenvalue weighted by Crippen LogP contribution is 2.17. The standard InChI is InChI=1S/C15H14BrNO/c1-10-4-3-5-11(2)15(10)14(18)7-12-6-13(16)9-17-8-12/h3-6,8-9H,7H2,1-2H3. The van der Waals surface area contributed by atoms with Gasteiger partial charge in [0.15, 0.2) is 5.78 Å². The summed E-state index contributed by atoms with van der Waals surface area (Å²) in [6.45, 7) is 3.94. The van der Waals surface area contributed by atoms with Crippen molar-refractivity contribution in [3.8, 4) is 0 Å². The van der Waals surface area contributed by atoms with Crippen LogP contribution in [0.3, 0.4) is 0 Å². The summed E-state index contributed by atoms with van der Waals surface area (Å²) in [6, 6.07) is 7.85. The van der Waals surface area contributed by atoms with Crippen LogP contribution in [0, 0.1) is 13.8 Å². The van der Waals surface area contributed by atoms with Crippen LogP contribution in [0.25, 0.3) is 0 Å². The Labute approximate surface area is 115 Å². The Morgan fingerprint density at radius 3 is 2.50 bits per heavy atom. The molecule has 1 heterocycles. The normalized spacial score (nSPS) is 10.4. The van der Waals surface area contributed by atoms with Crippen LogP contribution in [0.4, 0.5) is 0 Å². The van der Waals surface area contributed by atoms with E-state index in [4.69, 9.17) is 0 Å². The van der Waals surface area contributed by atoms with Crippen LogP contribution in [0.1, 0.15) is 27.0 Å². The van der Waals surface area contributed by atoms with Gasteiger partial charge in [-0.1, -0.05) is 18.2 Å². The maximum absolute atomic E-state index is 12.3. The lowest BCUT2D eigenvalue weighted by atomic mass is 9.96. The molecule has 0 saturated heterocycles. The van der Waals surface area contributed by atoms with Crippen LogP contribution in [0.15, 0.2) is 41.1 Å². The molecule has 0 aliphatic rings. The van der Waals surface area contributed by atoms with Gasteiger partial charge in [-0.15, -0.1) is 0 Å². The number of aromatic nitrogens is 1. The van der Waals surface area contributed by atoms with Crippen molar-refractivity contribution >= 4 is 21.7 Å². The van der Waals surface area contributed by atoms with E-state index >= 15 is 0 Å². The van der Waals surface area contributed by atoms with Gasteiger partial charge in [0.05, 0.1) is 0 Å². The molecule has 0 saturated carbocycles. The van der Waals surface area contributed by atoms with Crippen molar-refractivity contribution in [2.24, 2.45) is 0 Å². The summed E-state index contributed by atoms with van der Waals surface area (Å²) in [5.41, 5.74) is 3.82. The van der Waals surface area contributed by atoms with E-state index in [0.29, 0.717) is 6.42 Å². The van der Waals surface area contributed by atoms with E-state index in [-0.39, 0.29) is 5.78 Å². The summed E-state index contributed by atoms with van der Waals surface area (Å²) in [7, 11) is 0. The average Bonchev–Trinajstić information content (AvgIpc) is 2.28. The molecule has 92 valence electrons. The number of benzene rings is 1. The van der Waals surface area contributed by atoms with E-state index in [9.17, 15) is 4.79 Å². The summed E-state index contributed by atoms with van der Waals surface area (Å²) in [5, 5.41) is 0. The fourth-order valence-electron chi connectivity index (χ4n) is 2.08. The monoisotopic (exact) mass is 303 g/mol. The molecule has 3 heteroatoms. The molecule has 0 radical (unpaired) electrons. The van der Waals surface area contributed by atoms with Gasteiger partial charge in [0.25, 0.3) is 0 Å². The molecule has 0 bridgehead atoms. The van der Waals surface area contributed by atoms with Crippen LogP contribution < -0.4 is 0 Å². The van der Waals surface area contributed by atoms with Crippen LogP contribution in [-0.4, -0.2) is 10.8 Å². The minimum Gasteiger partial charge on any atom is -0.294 e. The minimum atomic E-state index is 0.144. The molecular weight excluding hydrogens is 290 g/mol. The third kappa shape index (κ3) is 2.85. The minimum absolute atomic E-state index is 0.144. The van der Waals surface area contributed by atoms with E-state index in [0.717, 1.165) is 26.7 Å². The number of aryl methyl sites for hydroxylation is 2. The highest BCUT2D eigenvalue weighted by Gasteiger charge is 2.12. The number of ketones is 1. The van der Waals surface area contributed by atoms with Crippen molar-refractivity contribution < 1.29 is 4.79 Å². The number of hydrogen-bond acceptors (Lipinski definition) is 2. The van der Waals surface area contributed by atoms with Crippen molar-refractivity contribution in [2.75, 3.05) is 0 Å². The Hall–Kier alpha value is -1.48. The highest BCUT2D eigenvalue weighted by atomic mass is 79.9. The molecule has 0 atom stereocenters. The summed E-state index contributed by atoms with van der Waals surface area (Å²) in [5.74, 6) is 0.144. The second-order valence-electron chi connectivity index (χ2n) is 4.38. The fourth-order valence-corrected chi connectivity index (χ4v) is 2.49.